The molecular weight excluding hydrogens is 314 g/mol. The Morgan fingerprint density at radius 2 is 1.92 bits per heavy atom. The number of aromatic nitrogens is 2. The number of hydrogen-bond donors (Lipinski definition) is 0. The number of amides is 1. The zero-order chi connectivity index (χ0) is 17.8. The van der Waals surface area contributed by atoms with Crippen molar-refractivity contribution in [2.45, 2.75) is 46.1 Å². The molecule has 0 aliphatic carbocycles. The quantitative estimate of drug-likeness (QED) is 0.833. The summed E-state index contributed by atoms with van der Waals surface area (Å²) in [6, 6.07) is 4.85. The summed E-state index contributed by atoms with van der Waals surface area (Å²) in [4.78, 5) is 18.1. The van der Waals surface area contributed by atoms with Crippen molar-refractivity contribution < 1.29 is 4.79 Å². The fourth-order valence-corrected chi connectivity index (χ4v) is 3.91. The molecule has 2 aliphatic heterocycles. The highest BCUT2D eigenvalue weighted by Crippen LogP contribution is 2.22. The van der Waals surface area contributed by atoms with E-state index in [1.54, 1.807) is 6.92 Å². The van der Waals surface area contributed by atoms with Crippen LogP contribution >= 0.6 is 0 Å². The van der Waals surface area contributed by atoms with E-state index >= 15 is 0 Å². The summed E-state index contributed by atoms with van der Waals surface area (Å²) in [6.07, 6.45) is 3.60. The van der Waals surface area contributed by atoms with Gasteiger partial charge in [0.2, 0.25) is 5.91 Å². The largest absolute Gasteiger partial charge is 0.352 e. The highest BCUT2D eigenvalue weighted by Gasteiger charge is 2.23. The van der Waals surface area contributed by atoms with Gasteiger partial charge in [-0.1, -0.05) is 0 Å². The first-order valence-electron chi connectivity index (χ1n) is 9.60. The van der Waals surface area contributed by atoms with E-state index in [1.807, 2.05) is 4.90 Å². The van der Waals surface area contributed by atoms with Gasteiger partial charge in [-0.05, 0) is 57.7 Å². The molecule has 0 N–H and O–H groups in total. The van der Waals surface area contributed by atoms with Crippen molar-refractivity contribution in [1.29, 1.82) is 0 Å². The zero-order valence-corrected chi connectivity index (χ0v) is 15.8. The molecule has 6 heteroatoms. The first kappa shape index (κ1) is 18.1. The van der Waals surface area contributed by atoms with Gasteiger partial charge in [-0.2, -0.15) is 5.10 Å². The Bertz CT molecular complexity index is 566. The van der Waals surface area contributed by atoms with Crippen molar-refractivity contribution in [2.24, 2.45) is 5.92 Å². The fraction of sp³-hybridized carbons (Fsp3) is 0.737. The van der Waals surface area contributed by atoms with Crippen LogP contribution in [0.5, 0.6) is 0 Å². The van der Waals surface area contributed by atoms with Crippen LogP contribution in [-0.4, -0.2) is 71.2 Å². The summed E-state index contributed by atoms with van der Waals surface area (Å²) < 4.78 is 0. The van der Waals surface area contributed by atoms with Crippen molar-refractivity contribution >= 4 is 11.7 Å². The number of piperazine rings is 1. The third-order valence-corrected chi connectivity index (χ3v) is 5.53. The Morgan fingerprint density at radius 1 is 1.16 bits per heavy atom. The minimum absolute atomic E-state index is 0.156. The molecule has 3 rings (SSSR count). The van der Waals surface area contributed by atoms with Crippen LogP contribution in [0.3, 0.4) is 0 Å². The lowest BCUT2D eigenvalue weighted by molar-refractivity contribution is -0.129. The molecular formula is C19H31N5O. The topological polar surface area (TPSA) is 52.6 Å². The van der Waals surface area contributed by atoms with Crippen LogP contribution in [0.15, 0.2) is 12.1 Å². The molecule has 138 valence electrons. The number of piperidine rings is 1. The number of nitrogens with zero attached hydrogens (tertiary/aromatic N) is 5. The second-order valence-corrected chi connectivity index (χ2v) is 7.68. The average molecular weight is 345 g/mol. The number of carbonyl (C=O) groups excluding carboxylic acids is 1. The van der Waals surface area contributed by atoms with Crippen molar-refractivity contribution in [3.8, 4) is 0 Å². The molecule has 0 bridgehead atoms. The second-order valence-electron chi connectivity index (χ2n) is 7.68. The summed E-state index contributed by atoms with van der Waals surface area (Å²) >= 11 is 0. The molecule has 0 spiro atoms. The first-order valence-corrected chi connectivity index (χ1v) is 9.60. The van der Waals surface area contributed by atoms with Crippen molar-refractivity contribution in [3.63, 3.8) is 0 Å². The molecule has 1 aromatic rings. The van der Waals surface area contributed by atoms with Gasteiger partial charge in [0.15, 0.2) is 5.82 Å². The van der Waals surface area contributed by atoms with Crippen LogP contribution in [0.1, 0.15) is 39.3 Å². The molecule has 2 saturated heterocycles. The second kappa shape index (κ2) is 8.13. The molecule has 1 amide bonds. The lowest BCUT2D eigenvalue weighted by Gasteiger charge is -2.35. The molecule has 25 heavy (non-hydrogen) atoms. The lowest BCUT2D eigenvalue weighted by atomic mass is 9.92. The normalized spacial score (nSPS) is 22.5. The minimum Gasteiger partial charge on any atom is -0.352 e. The van der Waals surface area contributed by atoms with Crippen LogP contribution in [0.4, 0.5) is 5.82 Å². The minimum atomic E-state index is 0.156. The third-order valence-electron chi connectivity index (χ3n) is 5.53. The number of carbonyl (C=O) groups is 1. The van der Waals surface area contributed by atoms with Gasteiger partial charge < -0.3 is 14.7 Å². The van der Waals surface area contributed by atoms with Gasteiger partial charge >= 0.3 is 0 Å². The molecule has 0 saturated carbocycles. The summed E-state index contributed by atoms with van der Waals surface area (Å²) in [5, 5.41) is 8.93. The van der Waals surface area contributed by atoms with E-state index in [0.29, 0.717) is 12.0 Å². The monoisotopic (exact) mass is 345 g/mol. The van der Waals surface area contributed by atoms with E-state index in [0.717, 1.165) is 44.1 Å². The summed E-state index contributed by atoms with van der Waals surface area (Å²) in [7, 11) is 0. The Morgan fingerprint density at radius 3 is 2.52 bits per heavy atom. The van der Waals surface area contributed by atoms with Crippen LogP contribution < -0.4 is 4.90 Å². The summed E-state index contributed by atoms with van der Waals surface area (Å²) in [5.41, 5.74) is 1.10. The molecule has 1 unspecified atom stereocenters. The SMILES string of the molecule is CC(=O)N1CCN(c2ccc(CC3CCCN(C(C)C)C3)nn2)CC1. The van der Waals surface area contributed by atoms with E-state index < -0.39 is 0 Å². The molecule has 0 aromatic carbocycles. The van der Waals surface area contributed by atoms with Crippen LogP contribution in [0.25, 0.3) is 0 Å². The Hall–Kier alpha value is -1.69. The number of hydrogen-bond acceptors (Lipinski definition) is 5. The van der Waals surface area contributed by atoms with Gasteiger partial charge in [0.05, 0.1) is 5.69 Å². The molecule has 2 fully saturated rings. The molecule has 0 radical (unpaired) electrons. The average Bonchev–Trinajstić information content (AvgIpc) is 2.63. The van der Waals surface area contributed by atoms with Gasteiger partial charge in [-0.3, -0.25) is 4.79 Å². The van der Waals surface area contributed by atoms with Gasteiger partial charge in [-0.15, -0.1) is 5.10 Å². The summed E-state index contributed by atoms with van der Waals surface area (Å²) in [5.74, 6) is 1.78. The van der Waals surface area contributed by atoms with E-state index in [9.17, 15) is 4.79 Å². The van der Waals surface area contributed by atoms with Gasteiger partial charge in [0, 0.05) is 45.7 Å². The molecule has 2 aliphatic rings. The van der Waals surface area contributed by atoms with Crippen LogP contribution in [0.2, 0.25) is 0 Å². The van der Waals surface area contributed by atoms with Gasteiger partial charge in [-0.25, -0.2) is 0 Å². The maximum absolute atomic E-state index is 11.4. The summed E-state index contributed by atoms with van der Waals surface area (Å²) in [6.45, 7) is 11.8. The third kappa shape index (κ3) is 4.69. The van der Waals surface area contributed by atoms with Crippen LogP contribution in [-0.2, 0) is 11.2 Å². The predicted octanol–water partition coefficient (Wildman–Crippen LogP) is 1.81. The number of anilines is 1. The maximum atomic E-state index is 11.4. The fourth-order valence-electron chi connectivity index (χ4n) is 3.91. The number of rotatable bonds is 4. The molecule has 1 atom stereocenters. The molecule has 1 aromatic heterocycles. The van der Waals surface area contributed by atoms with E-state index in [1.165, 1.54) is 25.9 Å². The van der Waals surface area contributed by atoms with Crippen LogP contribution in [0, 0.1) is 5.92 Å². The number of likely N-dealkylation sites (tertiary alicyclic amines) is 1. The highest BCUT2D eigenvalue weighted by molar-refractivity contribution is 5.73. The lowest BCUT2D eigenvalue weighted by Crippen LogP contribution is -2.48. The first-order chi connectivity index (χ1) is 12.0. The molecule has 3 heterocycles. The maximum Gasteiger partial charge on any atom is 0.219 e. The smallest absolute Gasteiger partial charge is 0.219 e. The Balaban J connectivity index is 1.53. The standard InChI is InChI=1S/C19H31N5O/c1-15(2)24-8-4-5-17(14-24)13-18-6-7-19(21-20-18)23-11-9-22(10-12-23)16(3)25/h6-7,15,17H,4-5,8-14H2,1-3H3. The van der Waals surface area contributed by atoms with Crippen molar-refractivity contribution in [1.82, 2.24) is 20.0 Å². The van der Waals surface area contributed by atoms with Gasteiger partial charge in [0.1, 0.15) is 0 Å². The van der Waals surface area contributed by atoms with Crippen molar-refractivity contribution in [3.05, 3.63) is 17.8 Å². The molecule has 6 nitrogen and oxygen atoms in total. The zero-order valence-electron chi connectivity index (χ0n) is 15.8. The van der Waals surface area contributed by atoms with Gasteiger partial charge in [0.25, 0.3) is 0 Å². The predicted molar refractivity (Wildman–Crippen MR) is 99.6 cm³/mol. The Labute approximate surface area is 151 Å². The van der Waals surface area contributed by atoms with E-state index in [2.05, 4.69) is 46.0 Å². The highest BCUT2D eigenvalue weighted by atomic mass is 16.2. The van der Waals surface area contributed by atoms with Crippen molar-refractivity contribution in [2.75, 3.05) is 44.2 Å². The van der Waals surface area contributed by atoms with E-state index in [-0.39, 0.29) is 5.91 Å². The Kier molecular flexibility index (Phi) is 5.89. The van der Waals surface area contributed by atoms with E-state index in [4.69, 9.17) is 0 Å².